The SMILES string of the molecule is O=C(O)C1CCCN1C(=O)CSc1nnc(C2CC2)n1Cc1ccccc1. The van der Waals surface area contributed by atoms with Crippen molar-refractivity contribution >= 4 is 23.6 Å². The number of hydrogen-bond acceptors (Lipinski definition) is 5. The van der Waals surface area contributed by atoms with Crippen LogP contribution in [0.25, 0.3) is 0 Å². The topological polar surface area (TPSA) is 88.3 Å². The normalized spacial score (nSPS) is 19.4. The highest BCUT2D eigenvalue weighted by atomic mass is 32.2. The number of amides is 1. The van der Waals surface area contributed by atoms with Gasteiger partial charge in [0, 0.05) is 12.5 Å². The smallest absolute Gasteiger partial charge is 0.326 e. The van der Waals surface area contributed by atoms with Crippen molar-refractivity contribution in [1.82, 2.24) is 19.7 Å². The van der Waals surface area contributed by atoms with E-state index in [0.717, 1.165) is 35.8 Å². The fourth-order valence-corrected chi connectivity index (χ4v) is 4.33. The number of carboxylic acid groups (broad SMARTS) is 1. The predicted octanol–water partition coefficient (Wildman–Crippen LogP) is 2.37. The fourth-order valence-electron chi connectivity index (χ4n) is 3.50. The molecular formula is C19H22N4O3S. The molecule has 2 fully saturated rings. The average Bonchev–Trinajstić information content (AvgIpc) is 3.24. The first-order chi connectivity index (χ1) is 13.1. The molecular weight excluding hydrogens is 364 g/mol. The van der Waals surface area contributed by atoms with Crippen molar-refractivity contribution in [3.05, 3.63) is 41.7 Å². The quantitative estimate of drug-likeness (QED) is 0.735. The number of carboxylic acids is 1. The second-order valence-corrected chi connectivity index (χ2v) is 8.00. The molecule has 4 rings (SSSR count). The van der Waals surface area contributed by atoms with Crippen molar-refractivity contribution in [1.29, 1.82) is 0 Å². The Labute approximate surface area is 161 Å². The number of rotatable bonds is 7. The van der Waals surface area contributed by atoms with Crippen LogP contribution in [0.3, 0.4) is 0 Å². The van der Waals surface area contributed by atoms with E-state index < -0.39 is 12.0 Å². The molecule has 2 heterocycles. The lowest BCUT2D eigenvalue weighted by Gasteiger charge is -2.21. The van der Waals surface area contributed by atoms with E-state index in [1.54, 1.807) is 0 Å². The standard InChI is InChI=1S/C19H22N4O3S/c24-16(22-10-4-7-15(22)18(25)26)12-27-19-21-20-17(14-8-9-14)23(19)11-13-5-2-1-3-6-13/h1-3,5-6,14-15H,4,7-12H2,(H,25,26). The van der Waals surface area contributed by atoms with E-state index in [9.17, 15) is 14.7 Å². The summed E-state index contributed by atoms with van der Waals surface area (Å²) in [6.07, 6.45) is 3.53. The molecule has 8 heteroatoms. The summed E-state index contributed by atoms with van der Waals surface area (Å²) in [5.74, 6) is 0.558. The van der Waals surface area contributed by atoms with Gasteiger partial charge in [0.15, 0.2) is 5.16 Å². The number of hydrogen-bond donors (Lipinski definition) is 1. The van der Waals surface area contributed by atoms with Crippen LogP contribution in [0.4, 0.5) is 0 Å². The van der Waals surface area contributed by atoms with Gasteiger partial charge in [-0.2, -0.15) is 0 Å². The van der Waals surface area contributed by atoms with Crippen molar-refractivity contribution in [2.75, 3.05) is 12.3 Å². The van der Waals surface area contributed by atoms with E-state index >= 15 is 0 Å². The van der Waals surface area contributed by atoms with Gasteiger partial charge in [0.25, 0.3) is 0 Å². The van der Waals surface area contributed by atoms with E-state index in [0.29, 0.717) is 25.4 Å². The molecule has 0 spiro atoms. The number of benzene rings is 1. The van der Waals surface area contributed by atoms with Gasteiger partial charge in [-0.25, -0.2) is 4.79 Å². The van der Waals surface area contributed by atoms with E-state index in [1.165, 1.54) is 16.7 Å². The zero-order valence-electron chi connectivity index (χ0n) is 15.0. The first-order valence-electron chi connectivity index (χ1n) is 9.25. The summed E-state index contributed by atoms with van der Waals surface area (Å²) in [5.41, 5.74) is 1.16. The highest BCUT2D eigenvalue weighted by Gasteiger charge is 2.34. The first kappa shape index (κ1) is 18.0. The third kappa shape index (κ3) is 4.00. The van der Waals surface area contributed by atoms with Gasteiger partial charge in [0.1, 0.15) is 11.9 Å². The number of carbonyl (C=O) groups is 2. The molecule has 1 atom stereocenters. The van der Waals surface area contributed by atoms with Gasteiger partial charge in [-0.05, 0) is 31.2 Å². The molecule has 1 aromatic carbocycles. The molecule has 0 radical (unpaired) electrons. The second-order valence-electron chi connectivity index (χ2n) is 7.06. The van der Waals surface area contributed by atoms with E-state index in [-0.39, 0.29) is 11.7 Å². The predicted molar refractivity (Wildman–Crippen MR) is 101 cm³/mol. The maximum absolute atomic E-state index is 12.5. The van der Waals surface area contributed by atoms with Gasteiger partial charge in [0.05, 0.1) is 12.3 Å². The van der Waals surface area contributed by atoms with Crippen molar-refractivity contribution in [2.24, 2.45) is 0 Å². The Morgan fingerprint density at radius 1 is 1.15 bits per heavy atom. The van der Waals surface area contributed by atoms with E-state index in [2.05, 4.69) is 26.9 Å². The Kier molecular flexibility index (Phi) is 5.15. The molecule has 27 heavy (non-hydrogen) atoms. The lowest BCUT2D eigenvalue weighted by atomic mass is 10.2. The molecule has 1 saturated heterocycles. The Morgan fingerprint density at radius 3 is 2.63 bits per heavy atom. The highest BCUT2D eigenvalue weighted by Crippen LogP contribution is 2.40. The first-order valence-corrected chi connectivity index (χ1v) is 10.2. The fraction of sp³-hybridized carbons (Fsp3) is 0.474. The second kappa shape index (κ2) is 7.72. The molecule has 2 aliphatic rings. The van der Waals surface area contributed by atoms with Crippen LogP contribution in [0, 0.1) is 0 Å². The molecule has 7 nitrogen and oxygen atoms in total. The zero-order valence-corrected chi connectivity index (χ0v) is 15.8. The summed E-state index contributed by atoms with van der Waals surface area (Å²) in [6, 6.07) is 9.44. The van der Waals surface area contributed by atoms with Crippen LogP contribution >= 0.6 is 11.8 Å². The molecule has 1 aliphatic carbocycles. The summed E-state index contributed by atoms with van der Waals surface area (Å²) in [5, 5.41) is 18.7. The van der Waals surface area contributed by atoms with Crippen LogP contribution in [-0.2, 0) is 16.1 Å². The number of carbonyl (C=O) groups excluding carboxylic acids is 1. The molecule has 1 amide bonds. The molecule has 1 unspecified atom stereocenters. The molecule has 1 saturated carbocycles. The monoisotopic (exact) mass is 386 g/mol. The molecule has 1 N–H and O–H groups in total. The zero-order chi connectivity index (χ0) is 18.8. The molecule has 142 valence electrons. The van der Waals surface area contributed by atoms with Gasteiger partial charge >= 0.3 is 5.97 Å². The summed E-state index contributed by atoms with van der Waals surface area (Å²) >= 11 is 1.35. The Morgan fingerprint density at radius 2 is 1.93 bits per heavy atom. The van der Waals surface area contributed by atoms with Gasteiger partial charge in [-0.15, -0.1) is 10.2 Å². The van der Waals surface area contributed by atoms with Crippen molar-refractivity contribution in [2.45, 2.75) is 49.3 Å². The number of aromatic nitrogens is 3. The van der Waals surface area contributed by atoms with Gasteiger partial charge in [-0.3, -0.25) is 4.79 Å². The number of likely N-dealkylation sites (tertiary alicyclic amines) is 1. The van der Waals surface area contributed by atoms with Crippen molar-refractivity contribution < 1.29 is 14.7 Å². The summed E-state index contributed by atoms with van der Waals surface area (Å²) in [4.78, 5) is 25.3. The lowest BCUT2D eigenvalue weighted by Crippen LogP contribution is -2.41. The lowest BCUT2D eigenvalue weighted by molar-refractivity contribution is -0.147. The third-order valence-corrected chi connectivity index (χ3v) is 6.01. The third-order valence-electron chi connectivity index (χ3n) is 5.05. The minimum Gasteiger partial charge on any atom is -0.480 e. The van der Waals surface area contributed by atoms with E-state index in [1.807, 2.05) is 18.2 Å². The Bertz CT molecular complexity index is 835. The van der Waals surface area contributed by atoms with Crippen LogP contribution in [0.15, 0.2) is 35.5 Å². The van der Waals surface area contributed by atoms with Crippen molar-refractivity contribution in [3.63, 3.8) is 0 Å². The van der Waals surface area contributed by atoms with Crippen LogP contribution in [0.5, 0.6) is 0 Å². The molecule has 1 aromatic heterocycles. The molecule has 2 aromatic rings. The van der Waals surface area contributed by atoms with Gasteiger partial charge < -0.3 is 14.6 Å². The van der Waals surface area contributed by atoms with Crippen LogP contribution < -0.4 is 0 Å². The summed E-state index contributed by atoms with van der Waals surface area (Å²) in [7, 11) is 0. The summed E-state index contributed by atoms with van der Waals surface area (Å²) < 4.78 is 2.10. The number of nitrogens with zero attached hydrogens (tertiary/aromatic N) is 4. The largest absolute Gasteiger partial charge is 0.480 e. The molecule has 0 bridgehead atoms. The highest BCUT2D eigenvalue weighted by molar-refractivity contribution is 7.99. The van der Waals surface area contributed by atoms with E-state index in [4.69, 9.17) is 0 Å². The minimum absolute atomic E-state index is 0.146. The van der Waals surface area contributed by atoms with Crippen molar-refractivity contribution in [3.8, 4) is 0 Å². The average molecular weight is 386 g/mol. The number of thioether (sulfide) groups is 1. The van der Waals surface area contributed by atoms with Crippen LogP contribution in [0.1, 0.15) is 43.0 Å². The Balaban J connectivity index is 1.47. The molecule has 1 aliphatic heterocycles. The van der Waals surface area contributed by atoms with Crippen LogP contribution in [-0.4, -0.2) is 55.0 Å². The van der Waals surface area contributed by atoms with Gasteiger partial charge in [-0.1, -0.05) is 42.1 Å². The Hall–Kier alpha value is -2.35. The van der Waals surface area contributed by atoms with Crippen LogP contribution in [0.2, 0.25) is 0 Å². The minimum atomic E-state index is -0.922. The number of aliphatic carboxylic acids is 1. The summed E-state index contributed by atoms with van der Waals surface area (Å²) in [6.45, 7) is 1.19. The maximum Gasteiger partial charge on any atom is 0.326 e. The van der Waals surface area contributed by atoms with Gasteiger partial charge in [0.2, 0.25) is 5.91 Å². The maximum atomic E-state index is 12.5.